The van der Waals surface area contributed by atoms with Gasteiger partial charge in [-0.05, 0) is 23.3 Å². The second-order valence-electron chi connectivity index (χ2n) is 3.98. The van der Waals surface area contributed by atoms with Gasteiger partial charge in [-0.2, -0.15) is 0 Å². The smallest absolute Gasteiger partial charge is 0.374 e. The molecule has 1 N–H and O–H groups in total. The first-order valence-corrected chi connectivity index (χ1v) is 5.44. The van der Waals surface area contributed by atoms with Crippen LogP contribution in [0.1, 0.15) is 5.56 Å². The molecule has 5 heteroatoms. The van der Waals surface area contributed by atoms with Crippen molar-refractivity contribution in [2.75, 3.05) is 7.11 Å². The summed E-state index contributed by atoms with van der Waals surface area (Å²) in [6.07, 6.45) is 2.98. The minimum Gasteiger partial charge on any atom is -0.379 e. The van der Waals surface area contributed by atoms with Crippen LogP contribution in [0, 0.1) is 10.1 Å². The van der Waals surface area contributed by atoms with Gasteiger partial charge >= 0.3 is 5.72 Å². The second kappa shape index (κ2) is 4.72. The number of aliphatic hydroxyl groups excluding tert-OH is 1. The van der Waals surface area contributed by atoms with Crippen LogP contribution in [0.5, 0.6) is 0 Å². The Balaban J connectivity index is 2.36. The van der Waals surface area contributed by atoms with E-state index >= 15 is 0 Å². The zero-order chi connectivity index (χ0) is 13.2. The lowest BCUT2D eigenvalue weighted by atomic mass is 9.93. The first kappa shape index (κ1) is 12.5. The lowest BCUT2D eigenvalue weighted by Gasteiger charge is -2.26. The van der Waals surface area contributed by atoms with E-state index in [1.807, 2.05) is 30.3 Å². The number of nitro groups is 1. The molecule has 2 unspecified atom stereocenters. The summed E-state index contributed by atoms with van der Waals surface area (Å²) < 4.78 is 4.86. The third-order valence-electron chi connectivity index (χ3n) is 2.98. The van der Waals surface area contributed by atoms with Gasteiger partial charge in [-0.3, -0.25) is 10.1 Å². The molecule has 0 saturated heterocycles. The van der Waals surface area contributed by atoms with Crippen LogP contribution in [0.4, 0.5) is 0 Å². The van der Waals surface area contributed by atoms with E-state index in [2.05, 4.69) is 0 Å². The molecule has 2 atom stereocenters. The maximum absolute atomic E-state index is 11.0. The van der Waals surface area contributed by atoms with Gasteiger partial charge in [0.05, 0.1) is 4.92 Å². The number of hydrogen-bond donors (Lipinski definition) is 1. The van der Waals surface area contributed by atoms with Crippen LogP contribution in [-0.2, 0) is 4.74 Å². The summed E-state index contributed by atoms with van der Waals surface area (Å²) in [6.45, 7) is 0. The Kier molecular flexibility index (Phi) is 3.27. The normalized spacial score (nSPS) is 26.8. The van der Waals surface area contributed by atoms with Crippen molar-refractivity contribution in [3.05, 3.63) is 64.2 Å². The van der Waals surface area contributed by atoms with Gasteiger partial charge in [0.2, 0.25) is 0 Å². The fourth-order valence-electron chi connectivity index (χ4n) is 1.91. The molecule has 1 aliphatic carbocycles. The SMILES string of the molecule is COC1([N+](=O)[O-])C=CC(c2ccccc2)=CC1O. The molecule has 0 spiro atoms. The van der Waals surface area contributed by atoms with E-state index in [4.69, 9.17) is 4.74 Å². The molecule has 0 amide bonds. The number of ether oxygens (including phenoxy) is 1. The number of hydrogen-bond acceptors (Lipinski definition) is 4. The van der Waals surface area contributed by atoms with Gasteiger partial charge in [0, 0.05) is 13.2 Å². The lowest BCUT2D eigenvalue weighted by Crippen LogP contribution is -2.49. The highest BCUT2D eigenvalue weighted by Crippen LogP contribution is 2.29. The van der Waals surface area contributed by atoms with Crippen LogP contribution in [0.25, 0.3) is 5.57 Å². The van der Waals surface area contributed by atoms with Gasteiger partial charge in [0.25, 0.3) is 0 Å². The van der Waals surface area contributed by atoms with Crippen LogP contribution in [0.2, 0.25) is 0 Å². The van der Waals surface area contributed by atoms with Crippen LogP contribution >= 0.6 is 0 Å². The van der Waals surface area contributed by atoms with Crippen LogP contribution < -0.4 is 0 Å². The van der Waals surface area contributed by atoms with Crippen LogP contribution in [0.15, 0.2) is 48.6 Å². The Hall–Kier alpha value is -1.98. The molecule has 0 saturated carbocycles. The molecule has 0 bridgehead atoms. The van der Waals surface area contributed by atoms with Crippen molar-refractivity contribution in [2.45, 2.75) is 11.8 Å². The average Bonchev–Trinajstić information content (AvgIpc) is 2.39. The van der Waals surface area contributed by atoms with E-state index in [0.29, 0.717) is 0 Å². The Morgan fingerprint density at radius 3 is 2.56 bits per heavy atom. The quantitative estimate of drug-likeness (QED) is 0.500. The van der Waals surface area contributed by atoms with Crippen LogP contribution in [-0.4, -0.2) is 29.0 Å². The molecule has 0 heterocycles. The molecule has 1 aromatic rings. The molecule has 0 aromatic heterocycles. The van der Waals surface area contributed by atoms with Crippen LogP contribution in [0.3, 0.4) is 0 Å². The molecule has 1 aromatic carbocycles. The number of rotatable bonds is 3. The van der Waals surface area contributed by atoms with Crippen molar-refractivity contribution in [1.82, 2.24) is 0 Å². The molecule has 0 aliphatic heterocycles. The molecule has 2 rings (SSSR count). The van der Waals surface area contributed by atoms with Crippen molar-refractivity contribution in [2.24, 2.45) is 0 Å². The fraction of sp³-hybridized carbons (Fsp3) is 0.231. The first-order valence-electron chi connectivity index (χ1n) is 5.44. The number of aliphatic hydroxyl groups is 1. The predicted molar refractivity (Wildman–Crippen MR) is 66.3 cm³/mol. The van der Waals surface area contributed by atoms with Gasteiger partial charge < -0.3 is 9.84 Å². The monoisotopic (exact) mass is 247 g/mol. The Labute approximate surface area is 104 Å². The van der Waals surface area contributed by atoms with E-state index in [1.54, 1.807) is 6.08 Å². The van der Waals surface area contributed by atoms with Crippen molar-refractivity contribution in [1.29, 1.82) is 0 Å². The summed E-state index contributed by atoms with van der Waals surface area (Å²) in [6, 6.07) is 9.34. The third-order valence-corrected chi connectivity index (χ3v) is 2.98. The summed E-state index contributed by atoms with van der Waals surface area (Å²) in [5.41, 5.74) is -0.267. The summed E-state index contributed by atoms with van der Waals surface area (Å²) in [4.78, 5) is 10.4. The average molecular weight is 247 g/mol. The molecule has 1 aliphatic rings. The Morgan fingerprint density at radius 1 is 1.39 bits per heavy atom. The zero-order valence-corrected chi connectivity index (χ0v) is 9.82. The molecule has 0 radical (unpaired) electrons. The van der Waals surface area contributed by atoms with E-state index in [1.165, 1.54) is 19.3 Å². The predicted octanol–water partition coefficient (Wildman–Crippen LogP) is 1.62. The highest BCUT2D eigenvalue weighted by molar-refractivity contribution is 5.75. The van der Waals surface area contributed by atoms with E-state index in [9.17, 15) is 15.2 Å². The number of benzene rings is 1. The molecule has 18 heavy (non-hydrogen) atoms. The maximum atomic E-state index is 11.0. The topological polar surface area (TPSA) is 72.6 Å². The van der Waals surface area contributed by atoms with E-state index in [-0.39, 0.29) is 0 Å². The molecular weight excluding hydrogens is 234 g/mol. The van der Waals surface area contributed by atoms with Crippen molar-refractivity contribution in [3.63, 3.8) is 0 Å². The summed E-state index contributed by atoms with van der Waals surface area (Å²) >= 11 is 0. The molecule has 0 fully saturated rings. The van der Waals surface area contributed by atoms with E-state index in [0.717, 1.165) is 11.1 Å². The van der Waals surface area contributed by atoms with E-state index < -0.39 is 16.8 Å². The molecular formula is C13H13NO4. The highest BCUT2D eigenvalue weighted by Gasteiger charge is 2.49. The van der Waals surface area contributed by atoms with Crippen molar-refractivity contribution >= 4 is 5.57 Å². The number of nitrogens with zero attached hydrogens (tertiary/aromatic N) is 1. The Morgan fingerprint density at radius 2 is 2.06 bits per heavy atom. The van der Waals surface area contributed by atoms with Gasteiger partial charge in [-0.25, -0.2) is 0 Å². The van der Waals surface area contributed by atoms with Gasteiger partial charge in [-0.1, -0.05) is 30.3 Å². The standard InChI is InChI=1S/C13H13NO4/c1-18-13(14(16)17)8-7-11(9-12(13)15)10-5-3-2-4-6-10/h2-9,12,15H,1H3. The van der Waals surface area contributed by atoms with Gasteiger partial charge in [0.15, 0.2) is 6.10 Å². The fourth-order valence-corrected chi connectivity index (χ4v) is 1.91. The van der Waals surface area contributed by atoms with Gasteiger partial charge in [0.1, 0.15) is 0 Å². The summed E-state index contributed by atoms with van der Waals surface area (Å²) in [5.74, 6) is 0. The highest BCUT2D eigenvalue weighted by atomic mass is 16.7. The Bertz CT molecular complexity index is 509. The maximum Gasteiger partial charge on any atom is 0.374 e. The third kappa shape index (κ3) is 1.94. The minimum atomic E-state index is -1.89. The molecule has 5 nitrogen and oxygen atoms in total. The largest absolute Gasteiger partial charge is 0.379 e. The number of methoxy groups -OCH3 is 1. The summed E-state index contributed by atoms with van der Waals surface area (Å²) in [5, 5.41) is 20.9. The van der Waals surface area contributed by atoms with Crippen molar-refractivity contribution < 1.29 is 14.8 Å². The summed E-state index contributed by atoms with van der Waals surface area (Å²) in [7, 11) is 1.21. The van der Waals surface area contributed by atoms with Gasteiger partial charge in [-0.15, -0.1) is 0 Å². The molecule has 94 valence electrons. The first-order chi connectivity index (χ1) is 8.60. The zero-order valence-electron chi connectivity index (χ0n) is 9.82. The minimum absolute atomic E-state index is 0.633. The lowest BCUT2D eigenvalue weighted by molar-refractivity contribution is -0.621. The van der Waals surface area contributed by atoms with Crippen molar-refractivity contribution in [3.8, 4) is 0 Å². The number of allylic oxidation sites excluding steroid dienone is 2. The second-order valence-corrected chi connectivity index (χ2v) is 3.98.